The van der Waals surface area contributed by atoms with Crippen molar-refractivity contribution in [2.75, 3.05) is 25.5 Å². The predicted octanol–water partition coefficient (Wildman–Crippen LogP) is 3.03. The van der Waals surface area contributed by atoms with Gasteiger partial charge in [0.05, 0.1) is 13.7 Å². The highest BCUT2D eigenvalue weighted by molar-refractivity contribution is 5.94. The summed E-state index contributed by atoms with van der Waals surface area (Å²) in [4.78, 5) is 25.6. The lowest BCUT2D eigenvalue weighted by atomic mass is 10.1. The number of methoxy groups -OCH3 is 1. The summed E-state index contributed by atoms with van der Waals surface area (Å²) in [6.07, 6.45) is 0.682. The average molecular weight is 340 g/mol. The zero-order valence-corrected chi connectivity index (χ0v) is 14.9. The number of hydrogen-bond acceptors (Lipinski definition) is 3. The van der Waals surface area contributed by atoms with Gasteiger partial charge in [0.2, 0.25) is 11.8 Å². The van der Waals surface area contributed by atoms with Crippen LogP contribution in [0.1, 0.15) is 18.1 Å². The topological polar surface area (TPSA) is 58.6 Å². The van der Waals surface area contributed by atoms with Gasteiger partial charge in [-0.1, -0.05) is 29.8 Å². The summed E-state index contributed by atoms with van der Waals surface area (Å²) >= 11 is 0. The normalized spacial score (nSPS) is 10.2. The number of benzene rings is 2. The maximum atomic E-state index is 12.2. The second-order valence-electron chi connectivity index (χ2n) is 5.95. The maximum absolute atomic E-state index is 12.2. The molecular weight excluding hydrogens is 316 g/mol. The Balaban J connectivity index is 1.89. The second-order valence-corrected chi connectivity index (χ2v) is 5.95. The van der Waals surface area contributed by atoms with Crippen molar-refractivity contribution in [1.82, 2.24) is 4.90 Å². The van der Waals surface area contributed by atoms with E-state index in [0.717, 1.165) is 22.6 Å². The number of aryl methyl sites for hydroxylation is 1. The minimum atomic E-state index is -0.200. The largest absolute Gasteiger partial charge is 0.497 e. The summed E-state index contributed by atoms with van der Waals surface area (Å²) in [6, 6.07) is 15.3. The Labute approximate surface area is 148 Å². The molecule has 0 fully saturated rings. The molecule has 0 aromatic heterocycles. The molecule has 0 aliphatic carbocycles. The van der Waals surface area contributed by atoms with Crippen molar-refractivity contribution in [3.05, 3.63) is 59.7 Å². The molecule has 0 spiro atoms. The van der Waals surface area contributed by atoms with E-state index in [-0.39, 0.29) is 18.4 Å². The van der Waals surface area contributed by atoms with Crippen LogP contribution in [0.3, 0.4) is 0 Å². The number of ether oxygens (including phenoxy) is 1. The number of rotatable bonds is 7. The van der Waals surface area contributed by atoms with Gasteiger partial charge in [0.1, 0.15) is 5.75 Å². The average Bonchev–Trinajstić information content (AvgIpc) is 2.60. The van der Waals surface area contributed by atoms with Gasteiger partial charge in [-0.05, 0) is 43.2 Å². The Morgan fingerprint density at radius 2 is 1.68 bits per heavy atom. The van der Waals surface area contributed by atoms with Gasteiger partial charge in [-0.2, -0.15) is 0 Å². The fraction of sp³-hybridized carbons (Fsp3) is 0.300. The first-order chi connectivity index (χ1) is 12.0. The molecule has 5 heteroatoms. The Hall–Kier alpha value is -2.82. The molecule has 2 aromatic carbocycles. The van der Waals surface area contributed by atoms with Crippen LogP contribution in [0.25, 0.3) is 0 Å². The number of carbonyl (C=O) groups is 2. The lowest BCUT2D eigenvalue weighted by Crippen LogP contribution is -2.38. The highest BCUT2D eigenvalue weighted by atomic mass is 16.5. The van der Waals surface area contributed by atoms with Crippen LogP contribution in [-0.4, -0.2) is 36.9 Å². The number of nitrogens with one attached hydrogen (secondary N) is 1. The first-order valence-electron chi connectivity index (χ1n) is 8.23. The third kappa shape index (κ3) is 5.95. The molecule has 0 atom stereocenters. The van der Waals surface area contributed by atoms with Crippen LogP contribution in [0.5, 0.6) is 5.75 Å². The molecule has 5 nitrogen and oxygen atoms in total. The third-order valence-electron chi connectivity index (χ3n) is 3.94. The molecule has 0 heterocycles. The molecule has 0 saturated carbocycles. The maximum Gasteiger partial charge on any atom is 0.243 e. The van der Waals surface area contributed by atoms with E-state index in [0.29, 0.717) is 13.0 Å². The monoisotopic (exact) mass is 340 g/mol. The summed E-state index contributed by atoms with van der Waals surface area (Å²) in [6.45, 7) is 4.00. The van der Waals surface area contributed by atoms with Crippen molar-refractivity contribution in [3.8, 4) is 5.75 Å². The van der Waals surface area contributed by atoms with Crippen molar-refractivity contribution in [2.45, 2.75) is 20.3 Å². The zero-order valence-electron chi connectivity index (χ0n) is 14.9. The van der Waals surface area contributed by atoms with Crippen LogP contribution in [0.15, 0.2) is 48.5 Å². The van der Waals surface area contributed by atoms with Crippen molar-refractivity contribution in [2.24, 2.45) is 0 Å². The first kappa shape index (κ1) is 18.5. The molecule has 2 rings (SSSR count). The van der Waals surface area contributed by atoms with Gasteiger partial charge >= 0.3 is 0 Å². The standard InChI is InChI=1S/C20H24N2O3/c1-15-4-8-18(9-5-15)21-20(24)14-22(16(2)23)13-12-17-6-10-19(25-3)11-7-17/h4-11H,12-14H2,1-3H3,(H,21,24). The summed E-state index contributed by atoms with van der Waals surface area (Å²) < 4.78 is 5.13. The van der Waals surface area contributed by atoms with Crippen LogP contribution in [-0.2, 0) is 16.0 Å². The molecule has 2 aromatic rings. The minimum absolute atomic E-state index is 0.0410. The molecule has 0 saturated heterocycles. The lowest BCUT2D eigenvalue weighted by molar-refractivity contribution is -0.132. The summed E-state index contributed by atoms with van der Waals surface area (Å²) in [5, 5.41) is 2.82. The molecule has 25 heavy (non-hydrogen) atoms. The number of amides is 2. The van der Waals surface area contributed by atoms with Crippen LogP contribution in [0.4, 0.5) is 5.69 Å². The quantitative estimate of drug-likeness (QED) is 0.843. The van der Waals surface area contributed by atoms with Crippen LogP contribution in [0, 0.1) is 6.92 Å². The molecule has 132 valence electrons. The predicted molar refractivity (Wildman–Crippen MR) is 98.8 cm³/mol. The molecular formula is C20H24N2O3. The molecule has 0 aliphatic rings. The summed E-state index contributed by atoms with van der Waals surface area (Å²) in [7, 11) is 1.62. The van der Waals surface area contributed by atoms with Crippen LogP contribution >= 0.6 is 0 Å². The van der Waals surface area contributed by atoms with Gasteiger partial charge < -0.3 is 15.0 Å². The van der Waals surface area contributed by atoms with E-state index in [9.17, 15) is 9.59 Å². The van der Waals surface area contributed by atoms with Crippen molar-refractivity contribution in [1.29, 1.82) is 0 Å². The van der Waals surface area contributed by atoms with E-state index in [2.05, 4.69) is 5.32 Å². The van der Waals surface area contributed by atoms with Crippen LogP contribution < -0.4 is 10.1 Å². The summed E-state index contributed by atoms with van der Waals surface area (Å²) in [5.41, 5.74) is 2.95. The van der Waals surface area contributed by atoms with E-state index >= 15 is 0 Å². The molecule has 2 amide bonds. The Morgan fingerprint density at radius 1 is 1.04 bits per heavy atom. The SMILES string of the molecule is COc1ccc(CCN(CC(=O)Nc2ccc(C)cc2)C(C)=O)cc1. The fourth-order valence-corrected chi connectivity index (χ4v) is 2.41. The number of nitrogens with zero attached hydrogens (tertiary/aromatic N) is 1. The van der Waals surface area contributed by atoms with Crippen molar-refractivity contribution in [3.63, 3.8) is 0 Å². The number of anilines is 1. The van der Waals surface area contributed by atoms with Gasteiger partial charge in [-0.25, -0.2) is 0 Å². The molecule has 1 N–H and O–H groups in total. The van der Waals surface area contributed by atoms with E-state index in [4.69, 9.17) is 4.74 Å². The fourth-order valence-electron chi connectivity index (χ4n) is 2.41. The van der Waals surface area contributed by atoms with E-state index in [1.54, 1.807) is 12.0 Å². The Kier molecular flexibility index (Phi) is 6.57. The highest BCUT2D eigenvalue weighted by Gasteiger charge is 2.14. The van der Waals surface area contributed by atoms with Crippen molar-refractivity contribution < 1.29 is 14.3 Å². The number of carbonyl (C=O) groups excluding carboxylic acids is 2. The second kappa shape index (κ2) is 8.87. The van der Waals surface area contributed by atoms with Gasteiger partial charge in [0, 0.05) is 19.2 Å². The number of hydrogen-bond donors (Lipinski definition) is 1. The Bertz CT molecular complexity index is 709. The molecule has 0 unspecified atom stereocenters. The first-order valence-corrected chi connectivity index (χ1v) is 8.23. The Morgan fingerprint density at radius 3 is 2.24 bits per heavy atom. The minimum Gasteiger partial charge on any atom is -0.497 e. The van der Waals surface area contributed by atoms with Gasteiger partial charge in [0.15, 0.2) is 0 Å². The highest BCUT2D eigenvalue weighted by Crippen LogP contribution is 2.12. The van der Waals surface area contributed by atoms with Gasteiger partial charge in [0.25, 0.3) is 0 Å². The van der Waals surface area contributed by atoms with E-state index in [1.807, 2.05) is 55.5 Å². The lowest BCUT2D eigenvalue weighted by Gasteiger charge is -2.20. The van der Waals surface area contributed by atoms with Gasteiger partial charge in [-0.15, -0.1) is 0 Å². The zero-order chi connectivity index (χ0) is 18.2. The third-order valence-corrected chi connectivity index (χ3v) is 3.94. The summed E-state index contributed by atoms with van der Waals surface area (Å²) in [5.74, 6) is 0.478. The molecule has 0 radical (unpaired) electrons. The van der Waals surface area contributed by atoms with Crippen molar-refractivity contribution >= 4 is 17.5 Å². The van der Waals surface area contributed by atoms with E-state index < -0.39 is 0 Å². The van der Waals surface area contributed by atoms with Gasteiger partial charge in [-0.3, -0.25) is 9.59 Å². The van der Waals surface area contributed by atoms with E-state index in [1.165, 1.54) is 6.92 Å². The molecule has 0 bridgehead atoms. The molecule has 0 aliphatic heterocycles. The van der Waals surface area contributed by atoms with Crippen LogP contribution in [0.2, 0.25) is 0 Å². The smallest absolute Gasteiger partial charge is 0.243 e.